The second kappa shape index (κ2) is 5.68. The van der Waals surface area contributed by atoms with Gasteiger partial charge in [0.25, 0.3) is 0 Å². The van der Waals surface area contributed by atoms with E-state index in [9.17, 15) is 0 Å². The molecular weight excluding hydrogens is 212 g/mol. The second-order valence-corrected chi connectivity index (χ2v) is 5.68. The van der Waals surface area contributed by atoms with Crippen molar-refractivity contribution in [1.82, 2.24) is 4.90 Å². The van der Waals surface area contributed by atoms with Crippen molar-refractivity contribution < 1.29 is 4.74 Å². The van der Waals surface area contributed by atoms with Gasteiger partial charge in [-0.3, -0.25) is 4.90 Å². The molecule has 1 heterocycles. The van der Waals surface area contributed by atoms with Crippen molar-refractivity contribution >= 4 is 0 Å². The maximum absolute atomic E-state index is 6.18. The smallest absolute Gasteiger partial charge is 0.0767 e. The van der Waals surface area contributed by atoms with Gasteiger partial charge in [0, 0.05) is 19.7 Å². The van der Waals surface area contributed by atoms with Crippen LogP contribution in [0.2, 0.25) is 0 Å². The van der Waals surface area contributed by atoms with Crippen LogP contribution in [0.5, 0.6) is 0 Å². The average Bonchev–Trinajstić information content (AvgIpc) is 2.87. The largest absolute Gasteiger partial charge is 0.379 e. The Kier molecular flexibility index (Phi) is 4.45. The Hall–Kier alpha value is -0.120. The molecule has 2 aliphatic rings. The summed E-state index contributed by atoms with van der Waals surface area (Å²) in [4.78, 5) is 2.69. The molecule has 0 aromatic rings. The van der Waals surface area contributed by atoms with E-state index in [1.165, 1.54) is 51.5 Å². The van der Waals surface area contributed by atoms with Crippen molar-refractivity contribution in [2.24, 2.45) is 5.73 Å². The average molecular weight is 240 g/mol. The molecule has 0 bridgehead atoms. The minimum absolute atomic E-state index is 0.129. The van der Waals surface area contributed by atoms with Gasteiger partial charge in [0.05, 0.1) is 11.6 Å². The molecular formula is C14H28N2O. The summed E-state index contributed by atoms with van der Waals surface area (Å²) >= 11 is 0. The SMILES string of the molecule is CCC1CCCN1C1(CN)CCCCC1OC. The van der Waals surface area contributed by atoms with Crippen LogP contribution in [0, 0.1) is 0 Å². The van der Waals surface area contributed by atoms with E-state index in [4.69, 9.17) is 10.5 Å². The van der Waals surface area contributed by atoms with Crippen LogP contribution in [0.4, 0.5) is 0 Å². The molecule has 100 valence electrons. The zero-order valence-electron chi connectivity index (χ0n) is 11.5. The first-order chi connectivity index (χ1) is 8.28. The summed E-state index contributed by atoms with van der Waals surface area (Å²) in [6.45, 7) is 4.27. The summed E-state index contributed by atoms with van der Waals surface area (Å²) in [5.41, 5.74) is 6.31. The normalized spacial score (nSPS) is 39.7. The molecule has 3 heteroatoms. The van der Waals surface area contributed by atoms with Crippen LogP contribution in [-0.4, -0.2) is 42.8 Å². The minimum atomic E-state index is 0.129. The van der Waals surface area contributed by atoms with E-state index in [1.807, 2.05) is 7.11 Å². The third kappa shape index (κ3) is 2.25. The van der Waals surface area contributed by atoms with E-state index in [0.29, 0.717) is 6.10 Å². The predicted molar refractivity (Wildman–Crippen MR) is 71.1 cm³/mol. The van der Waals surface area contributed by atoms with Gasteiger partial charge in [-0.1, -0.05) is 19.8 Å². The summed E-state index contributed by atoms with van der Waals surface area (Å²) in [7, 11) is 1.86. The van der Waals surface area contributed by atoms with Gasteiger partial charge in [-0.2, -0.15) is 0 Å². The lowest BCUT2D eigenvalue weighted by Gasteiger charge is -2.51. The minimum Gasteiger partial charge on any atom is -0.379 e. The lowest BCUT2D eigenvalue weighted by Crippen LogP contribution is -2.64. The fourth-order valence-electron chi connectivity index (χ4n) is 4.05. The van der Waals surface area contributed by atoms with E-state index >= 15 is 0 Å². The molecule has 3 atom stereocenters. The molecule has 0 radical (unpaired) electrons. The van der Waals surface area contributed by atoms with Gasteiger partial charge < -0.3 is 10.5 Å². The number of hydrogen-bond acceptors (Lipinski definition) is 3. The molecule has 0 amide bonds. The second-order valence-electron chi connectivity index (χ2n) is 5.68. The number of nitrogens with two attached hydrogens (primary N) is 1. The van der Waals surface area contributed by atoms with Crippen molar-refractivity contribution in [1.29, 1.82) is 0 Å². The lowest BCUT2D eigenvalue weighted by molar-refractivity contribution is -0.0809. The first-order valence-electron chi connectivity index (χ1n) is 7.28. The molecule has 1 saturated heterocycles. The maximum Gasteiger partial charge on any atom is 0.0767 e. The van der Waals surface area contributed by atoms with Crippen LogP contribution < -0.4 is 5.73 Å². The molecule has 3 unspecified atom stereocenters. The van der Waals surface area contributed by atoms with E-state index in [2.05, 4.69) is 11.8 Å². The van der Waals surface area contributed by atoms with E-state index in [1.54, 1.807) is 0 Å². The number of hydrogen-bond donors (Lipinski definition) is 1. The van der Waals surface area contributed by atoms with Gasteiger partial charge in [-0.05, 0) is 38.6 Å². The Balaban J connectivity index is 2.21. The van der Waals surface area contributed by atoms with Crippen molar-refractivity contribution in [2.45, 2.75) is 69.6 Å². The maximum atomic E-state index is 6.18. The number of rotatable bonds is 4. The summed E-state index contributed by atoms with van der Waals surface area (Å²) in [6, 6.07) is 0.731. The molecule has 2 N–H and O–H groups in total. The zero-order chi connectivity index (χ0) is 12.3. The Morgan fingerprint density at radius 2 is 2.12 bits per heavy atom. The van der Waals surface area contributed by atoms with E-state index in [-0.39, 0.29) is 5.54 Å². The summed E-state index contributed by atoms with van der Waals surface area (Å²) < 4.78 is 5.78. The molecule has 1 saturated carbocycles. The number of ether oxygens (including phenoxy) is 1. The van der Waals surface area contributed by atoms with Crippen molar-refractivity contribution in [3.8, 4) is 0 Å². The molecule has 1 aliphatic carbocycles. The molecule has 0 aromatic heterocycles. The third-order valence-electron chi connectivity index (χ3n) is 4.98. The van der Waals surface area contributed by atoms with Crippen molar-refractivity contribution in [3.63, 3.8) is 0 Å². The summed E-state index contributed by atoms with van der Waals surface area (Å²) in [5, 5.41) is 0. The predicted octanol–water partition coefficient (Wildman–Crippen LogP) is 2.15. The Bertz CT molecular complexity index is 246. The monoisotopic (exact) mass is 240 g/mol. The van der Waals surface area contributed by atoms with Gasteiger partial charge in [-0.15, -0.1) is 0 Å². The van der Waals surface area contributed by atoms with Gasteiger partial charge in [0.2, 0.25) is 0 Å². The molecule has 0 spiro atoms. The van der Waals surface area contributed by atoms with Crippen LogP contribution in [-0.2, 0) is 4.74 Å². The van der Waals surface area contributed by atoms with E-state index in [0.717, 1.165) is 12.6 Å². The first-order valence-corrected chi connectivity index (χ1v) is 7.28. The summed E-state index contributed by atoms with van der Waals surface area (Å²) in [5.74, 6) is 0. The molecule has 2 rings (SSSR count). The third-order valence-corrected chi connectivity index (χ3v) is 4.98. The van der Waals surface area contributed by atoms with E-state index < -0.39 is 0 Å². The van der Waals surface area contributed by atoms with Crippen molar-refractivity contribution in [3.05, 3.63) is 0 Å². The molecule has 2 fully saturated rings. The highest BCUT2D eigenvalue weighted by atomic mass is 16.5. The van der Waals surface area contributed by atoms with Crippen LogP contribution >= 0.6 is 0 Å². The molecule has 0 aromatic carbocycles. The highest BCUT2D eigenvalue weighted by Gasteiger charge is 2.48. The lowest BCUT2D eigenvalue weighted by atomic mass is 9.77. The number of nitrogens with zero attached hydrogens (tertiary/aromatic N) is 1. The highest BCUT2D eigenvalue weighted by molar-refractivity contribution is 5.04. The van der Waals surface area contributed by atoms with Crippen LogP contribution in [0.1, 0.15) is 51.9 Å². The standard InChI is InChI=1S/C14H28N2O/c1-3-12-7-6-10-16(12)14(11-15)9-5-4-8-13(14)17-2/h12-13H,3-11,15H2,1-2H3. The number of methoxy groups -OCH3 is 1. The van der Waals surface area contributed by atoms with Crippen molar-refractivity contribution in [2.75, 3.05) is 20.2 Å². The highest BCUT2D eigenvalue weighted by Crippen LogP contribution is 2.39. The Morgan fingerprint density at radius 3 is 2.76 bits per heavy atom. The van der Waals surface area contributed by atoms with Crippen LogP contribution in [0.3, 0.4) is 0 Å². The fraction of sp³-hybridized carbons (Fsp3) is 1.00. The van der Waals surface area contributed by atoms with Crippen LogP contribution in [0.15, 0.2) is 0 Å². The van der Waals surface area contributed by atoms with Gasteiger partial charge in [0.1, 0.15) is 0 Å². The molecule has 17 heavy (non-hydrogen) atoms. The zero-order valence-corrected chi connectivity index (χ0v) is 11.5. The first kappa shape index (κ1) is 13.3. The molecule has 1 aliphatic heterocycles. The Morgan fingerprint density at radius 1 is 1.29 bits per heavy atom. The fourth-order valence-corrected chi connectivity index (χ4v) is 4.05. The molecule has 3 nitrogen and oxygen atoms in total. The van der Waals surface area contributed by atoms with Gasteiger partial charge in [-0.25, -0.2) is 0 Å². The quantitative estimate of drug-likeness (QED) is 0.818. The topological polar surface area (TPSA) is 38.5 Å². The Labute approximate surface area is 106 Å². The van der Waals surface area contributed by atoms with Crippen LogP contribution in [0.25, 0.3) is 0 Å². The summed E-state index contributed by atoms with van der Waals surface area (Å²) in [6.07, 6.45) is 9.27. The van der Waals surface area contributed by atoms with Gasteiger partial charge >= 0.3 is 0 Å². The number of likely N-dealkylation sites (tertiary alicyclic amines) is 1. The van der Waals surface area contributed by atoms with Gasteiger partial charge in [0.15, 0.2) is 0 Å².